The molecule has 0 fully saturated rings. The van der Waals surface area contributed by atoms with Crippen molar-refractivity contribution in [2.45, 2.75) is 6.92 Å². The zero-order chi connectivity index (χ0) is 14.7. The fourth-order valence-corrected chi connectivity index (χ4v) is 1.14. The van der Waals surface area contributed by atoms with Gasteiger partial charge in [-0.1, -0.05) is 6.58 Å². The van der Waals surface area contributed by atoms with Crippen LogP contribution in [-0.2, 0) is 28.1 Å². The number of carbonyl (C=O) groups excluding carboxylic acids is 1. The number of ether oxygens (including phenoxy) is 3. The predicted octanol–water partition coefficient (Wildman–Crippen LogP) is -1.40. The summed E-state index contributed by atoms with van der Waals surface area (Å²) in [6.45, 7) is 5.40. The standard InChI is InChI=1S/C10H19O8P.Mg/c1-9(2)10(11)17-7-5-15-3-4-16-6-8-18-19(12,13)14;/h1,3-8H2,2H3,(H2,12,13,14);/q;+2/p-2. The molecular formula is C10H17MgO8P. The second-order valence-electron chi connectivity index (χ2n) is 3.42. The third-order valence-electron chi connectivity index (χ3n) is 1.66. The third kappa shape index (κ3) is 16.1. The largest absolute Gasteiger partial charge is 2.00 e. The predicted molar refractivity (Wildman–Crippen MR) is 66.7 cm³/mol. The van der Waals surface area contributed by atoms with Crippen LogP contribution in [0.2, 0.25) is 0 Å². The summed E-state index contributed by atoms with van der Waals surface area (Å²) < 4.78 is 28.7. The van der Waals surface area contributed by atoms with Gasteiger partial charge in [0, 0.05) is 5.57 Å². The van der Waals surface area contributed by atoms with E-state index in [0.717, 1.165) is 0 Å². The van der Waals surface area contributed by atoms with Gasteiger partial charge in [-0.2, -0.15) is 0 Å². The Morgan fingerprint density at radius 1 is 1.05 bits per heavy atom. The maximum atomic E-state index is 10.9. The number of phosphoric ester groups is 1. The molecule has 0 bridgehead atoms. The molecule has 0 saturated carbocycles. The van der Waals surface area contributed by atoms with Gasteiger partial charge in [0.15, 0.2) is 0 Å². The van der Waals surface area contributed by atoms with E-state index in [1.54, 1.807) is 6.92 Å². The van der Waals surface area contributed by atoms with Crippen LogP contribution < -0.4 is 9.79 Å². The van der Waals surface area contributed by atoms with Gasteiger partial charge >= 0.3 is 29.0 Å². The Hall–Kier alpha value is 0.00623. The second-order valence-corrected chi connectivity index (χ2v) is 4.57. The number of phosphoric acid groups is 1. The van der Waals surface area contributed by atoms with Crippen LogP contribution in [0.1, 0.15) is 6.92 Å². The van der Waals surface area contributed by atoms with Gasteiger partial charge in [-0.15, -0.1) is 0 Å². The summed E-state index contributed by atoms with van der Waals surface area (Å²) in [6.07, 6.45) is 0. The first-order chi connectivity index (χ1) is 8.83. The van der Waals surface area contributed by atoms with E-state index in [2.05, 4.69) is 11.1 Å². The third-order valence-corrected chi connectivity index (χ3v) is 2.16. The van der Waals surface area contributed by atoms with Crippen molar-refractivity contribution < 1.29 is 37.9 Å². The molecular weight excluding hydrogens is 303 g/mol. The van der Waals surface area contributed by atoms with E-state index >= 15 is 0 Å². The van der Waals surface area contributed by atoms with Gasteiger partial charge in [-0.3, -0.25) is 0 Å². The number of rotatable bonds is 11. The Kier molecular flexibility index (Phi) is 14.2. The van der Waals surface area contributed by atoms with Crippen LogP contribution in [0.5, 0.6) is 0 Å². The molecule has 10 heteroatoms. The molecule has 0 atom stereocenters. The minimum absolute atomic E-state index is 0. The molecule has 0 amide bonds. The topological polar surface area (TPSA) is 117 Å². The molecule has 0 unspecified atom stereocenters. The summed E-state index contributed by atoms with van der Waals surface area (Å²) in [4.78, 5) is 31.1. The summed E-state index contributed by atoms with van der Waals surface area (Å²) in [5, 5.41) is 0. The molecule has 0 N–H and O–H groups in total. The Morgan fingerprint density at radius 2 is 1.50 bits per heavy atom. The molecule has 0 heterocycles. The number of esters is 1. The Labute approximate surface area is 133 Å². The summed E-state index contributed by atoms with van der Waals surface area (Å²) in [6, 6.07) is 0. The Bertz CT molecular complexity index is 329. The van der Waals surface area contributed by atoms with Crippen molar-refractivity contribution in [3.63, 3.8) is 0 Å². The van der Waals surface area contributed by atoms with Gasteiger partial charge in [-0.25, -0.2) is 4.79 Å². The molecule has 0 aromatic rings. The number of hydrogen-bond acceptors (Lipinski definition) is 8. The van der Waals surface area contributed by atoms with E-state index in [4.69, 9.17) is 14.2 Å². The fraction of sp³-hybridized carbons (Fsp3) is 0.700. The Balaban J connectivity index is 0. The minimum Gasteiger partial charge on any atom is -0.790 e. The van der Waals surface area contributed by atoms with E-state index < -0.39 is 13.8 Å². The quantitative estimate of drug-likeness (QED) is 0.150. The monoisotopic (exact) mass is 320 g/mol. The summed E-state index contributed by atoms with van der Waals surface area (Å²) >= 11 is 0. The normalized spacial score (nSPS) is 10.8. The first-order valence-electron chi connectivity index (χ1n) is 5.47. The molecule has 0 saturated heterocycles. The Morgan fingerprint density at radius 3 is 1.95 bits per heavy atom. The maximum absolute atomic E-state index is 10.9. The molecule has 8 nitrogen and oxygen atoms in total. The number of hydrogen-bond donors (Lipinski definition) is 0. The van der Waals surface area contributed by atoms with Crippen LogP contribution in [-0.4, -0.2) is 68.7 Å². The summed E-state index contributed by atoms with van der Waals surface area (Å²) in [5.74, 6) is -0.475. The molecule has 0 rings (SSSR count). The van der Waals surface area contributed by atoms with Crippen molar-refractivity contribution in [1.82, 2.24) is 0 Å². The maximum Gasteiger partial charge on any atom is 2.00 e. The average Bonchev–Trinajstić information content (AvgIpc) is 2.29. The molecule has 0 aromatic heterocycles. The van der Waals surface area contributed by atoms with Gasteiger partial charge in [0.2, 0.25) is 0 Å². The zero-order valence-electron chi connectivity index (χ0n) is 11.4. The van der Waals surface area contributed by atoms with Crippen LogP contribution in [0.4, 0.5) is 0 Å². The van der Waals surface area contributed by atoms with Crippen LogP contribution in [0, 0.1) is 0 Å². The van der Waals surface area contributed by atoms with Crippen molar-refractivity contribution in [2.24, 2.45) is 0 Å². The van der Waals surface area contributed by atoms with Gasteiger partial charge in [0.25, 0.3) is 0 Å². The molecule has 0 aromatic carbocycles. The van der Waals surface area contributed by atoms with Gasteiger partial charge in [-0.05, 0) is 6.92 Å². The van der Waals surface area contributed by atoms with E-state index in [9.17, 15) is 19.1 Å². The van der Waals surface area contributed by atoms with Crippen molar-refractivity contribution in [1.29, 1.82) is 0 Å². The van der Waals surface area contributed by atoms with Crippen molar-refractivity contribution >= 4 is 36.8 Å². The van der Waals surface area contributed by atoms with Gasteiger partial charge in [0.05, 0.1) is 40.9 Å². The average molecular weight is 321 g/mol. The molecule has 0 aliphatic carbocycles. The zero-order valence-corrected chi connectivity index (χ0v) is 13.7. The fourth-order valence-electron chi connectivity index (χ4n) is 0.846. The minimum atomic E-state index is -4.92. The smallest absolute Gasteiger partial charge is 0.790 e. The van der Waals surface area contributed by atoms with Crippen LogP contribution in [0.15, 0.2) is 12.2 Å². The molecule has 20 heavy (non-hydrogen) atoms. The van der Waals surface area contributed by atoms with Crippen molar-refractivity contribution in [3.05, 3.63) is 12.2 Å². The van der Waals surface area contributed by atoms with Crippen molar-refractivity contribution in [2.75, 3.05) is 39.6 Å². The van der Waals surface area contributed by atoms with E-state index in [-0.39, 0.29) is 62.7 Å². The van der Waals surface area contributed by atoms with Crippen molar-refractivity contribution in [3.8, 4) is 0 Å². The molecule has 112 valence electrons. The molecule has 0 spiro atoms. The van der Waals surface area contributed by atoms with Gasteiger partial charge < -0.3 is 33.1 Å². The first kappa shape index (κ1) is 22.3. The summed E-state index contributed by atoms with van der Waals surface area (Å²) in [7, 11) is -4.92. The molecule has 0 aliphatic rings. The van der Waals surface area contributed by atoms with Crippen LogP contribution in [0.3, 0.4) is 0 Å². The van der Waals surface area contributed by atoms with E-state index in [1.165, 1.54) is 0 Å². The van der Waals surface area contributed by atoms with Gasteiger partial charge in [0.1, 0.15) is 6.61 Å². The van der Waals surface area contributed by atoms with Crippen LogP contribution >= 0.6 is 7.82 Å². The van der Waals surface area contributed by atoms with Crippen LogP contribution in [0.25, 0.3) is 0 Å². The first-order valence-corrected chi connectivity index (χ1v) is 6.93. The van der Waals surface area contributed by atoms with E-state index in [0.29, 0.717) is 5.57 Å². The molecule has 0 radical (unpaired) electrons. The van der Waals surface area contributed by atoms with E-state index in [1.807, 2.05) is 0 Å². The summed E-state index contributed by atoms with van der Waals surface area (Å²) in [5.41, 5.74) is 0.317. The SMILES string of the molecule is C=C(C)C(=O)OCCOCCOCCOP(=O)([O-])[O-].[Mg+2]. The molecule has 0 aliphatic heterocycles. The number of carbonyl (C=O) groups is 1. The second kappa shape index (κ2) is 12.7.